The summed E-state index contributed by atoms with van der Waals surface area (Å²) in [4.78, 5) is 40.5. The molecule has 9 nitrogen and oxygen atoms in total. The van der Waals surface area contributed by atoms with E-state index in [1.54, 1.807) is 0 Å². The van der Waals surface area contributed by atoms with Crippen molar-refractivity contribution in [1.29, 1.82) is 0 Å². The fourth-order valence-corrected chi connectivity index (χ4v) is 3.39. The minimum Gasteiger partial charge on any atom is -0.482 e. The number of rotatable bonds is 4. The number of aromatic amines is 3. The summed E-state index contributed by atoms with van der Waals surface area (Å²) >= 11 is 0. The Morgan fingerprint density at radius 3 is 2.50 bits per heavy atom. The number of hydrogen-bond acceptors (Lipinski definition) is 6. The van der Waals surface area contributed by atoms with Gasteiger partial charge < -0.3 is 14.6 Å². The lowest BCUT2D eigenvalue weighted by atomic mass is 10.2. The van der Waals surface area contributed by atoms with Gasteiger partial charge in [-0.2, -0.15) is 18.3 Å². The van der Waals surface area contributed by atoms with Gasteiger partial charge in [-0.05, 0) is 18.2 Å². The van der Waals surface area contributed by atoms with Gasteiger partial charge in [0.1, 0.15) is 17.3 Å². The van der Waals surface area contributed by atoms with Crippen LogP contribution in [-0.4, -0.2) is 45.3 Å². The standard InChI is InChI=1S/C19H13F6N5O4/c20-11-3-8(1-2-10(11)19(23,24)25)34-14-6-30(7-18(14,21)22)13-4-12(28-29-16(13)32)9-5-26-17(33)27-15(9)31/h1-5,14H,6-7H2,(H,29,32)(H2,26,27,31,33)/t14-/m0/s1. The number of ether oxygens (including phenoxy) is 1. The molecule has 0 radical (unpaired) electrons. The predicted molar refractivity (Wildman–Crippen MR) is 105 cm³/mol. The van der Waals surface area contributed by atoms with Gasteiger partial charge in [0.2, 0.25) is 0 Å². The van der Waals surface area contributed by atoms with Crippen molar-refractivity contribution in [1.82, 2.24) is 20.2 Å². The molecule has 0 bridgehead atoms. The van der Waals surface area contributed by atoms with Crippen molar-refractivity contribution >= 4 is 5.69 Å². The lowest BCUT2D eigenvalue weighted by Gasteiger charge is -2.19. The van der Waals surface area contributed by atoms with E-state index >= 15 is 0 Å². The fraction of sp³-hybridized carbons (Fsp3) is 0.263. The second kappa shape index (κ2) is 8.07. The van der Waals surface area contributed by atoms with Gasteiger partial charge >= 0.3 is 17.8 Å². The zero-order valence-electron chi connectivity index (χ0n) is 16.7. The minimum atomic E-state index is -4.97. The second-order valence-electron chi connectivity index (χ2n) is 7.34. The summed E-state index contributed by atoms with van der Waals surface area (Å²) in [6, 6.07) is 2.49. The van der Waals surface area contributed by atoms with Crippen LogP contribution >= 0.6 is 0 Å². The Kier molecular flexibility index (Phi) is 5.49. The number of H-pyrrole nitrogens is 3. The number of hydrogen-bond donors (Lipinski definition) is 3. The second-order valence-corrected chi connectivity index (χ2v) is 7.34. The molecule has 0 saturated carbocycles. The topological polar surface area (TPSA) is 124 Å². The molecular formula is C19H13F6N5O4. The van der Waals surface area contributed by atoms with Crippen LogP contribution in [0.4, 0.5) is 32.0 Å². The highest BCUT2D eigenvalue weighted by Crippen LogP contribution is 2.36. The third-order valence-corrected chi connectivity index (χ3v) is 5.00. The monoisotopic (exact) mass is 489 g/mol. The Morgan fingerprint density at radius 2 is 1.85 bits per heavy atom. The molecule has 1 aliphatic rings. The van der Waals surface area contributed by atoms with Crippen LogP contribution in [0.1, 0.15) is 5.56 Å². The lowest BCUT2D eigenvalue weighted by molar-refractivity contribution is -0.140. The summed E-state index contributed by atoms with van der Waals surface area (Å²) in [5.41, 5.74) is -4.68. The van der Waals surface area contributed by atoms with Crippen molar-refractivity contribution in [2.75, 3.05) is 18.0 Å². The number of benzene rings is 1. The van der Waals surface area contributed by atoms with Gasteiger partial charge in [-0.1, -0.05) is 0 Å². The first-order valence-electron chi connectivity index (χ1n) is 9.43. The van der Waals surface area contributed by atoms with Crippen molar-refractivity contribution in [2.24, 2.45) is 0 Å². The zero-order chi connectivity index (χ0) is 24.8. The third kappa shape index (κ3) is 4.40. The summed E-state index contributed by atoms with van der Waals surface area (Å²) in [5, 5.41) is 5.74. The van der Waals surface area contributed by atoms with Gasteiger partial charge in [0.15, 0.2) is 6.10 Å². The maximum Gasteiger partial charge on any atom is 0.419 e. The van der Waals surface area contributed by atoms with Crippen LogP contribution in [0.5, 0.6) is 5.75 Å². The average molecular weight is 489 g/mol. The van der Waals surface area contributed by atoms with Gasteiger partial charge in [-0.25, -0.2) is 23.1 Å². The molecule has 1 aliphatic heterocycles. The molecule has 15 heteroatoms. The molecule has 3 heterocycles. The van der Waals surface area contributed by atoms with Crippen LogP contribution in [0, 0.1) is 5.82 Å². The molecule has 0 unspecified atom stereocenters. The summed E-state index contributed by atoms with van der Waals surface area (Å²) in [7, 11) is 0. The Hall–Kier alpha value is -4.04. The zero-order valence-corrected chi connectivity index (χ0v) is 16.7. The molecule has 0 aliphatic carbocycles. The normalized spacial score (nSPS) is 17.7. The van der Waals surface area contributed by atoms with Crippen molar-refractivity contribution in [3.8, 4) is 17.0 Å². The van der Waals surface area contributed by atoms with Gasteiger partial charge in [0.05, 0.1) is 29.9 Å². The van der Waals surface area contributed by atoms with E-state index in [1.165, 1.54) is 0 Å². The molecule has 4 rings (SSSR count). The summed E-state index contributed by atoms with van der Waals surface area (Å²) in [6.45, 7) is -1.61. The molecule has 1 fully saturated rings. The highest BCUT2D eigenvalue weighted by atomic mass is 19.4. The molecule has 34 heavy (non-hydrogen) atoms. The summed E-state index contributed by atoms with van der Waals surface area (Å²) in [5.74, 6) is -5.82. The predicted octanol–water partition coefficient (Wildman–Crippen LogP) is 1.87. The lowest BCUT2D eigenvalue weighted by Crippen LogP contribution is -2.36. The number of nitrogens with zero attached hydrogens (tertiary/aromatic N) is 2. The molecule has 180 valence electrons. The number of alkyl halides is 5. The number of anilines is 1. The van der Waals surface area contributed by atoms with Crippen LogP contribution in [0.25, 0.3) is 11.3 Å². The highest BCUT2D eigenvalue weighted by molar-refractivity contribution is 5.62. The molecule has 0 spiro atoms. The molecule has 1 aromatic carbocycles. The van der Waals surface area contributed by atoms with E-state index in [0.717, 1.165) is 17.2 Å². The van der Waals surface area contributed by atoms with E-state index in [4.69, 9.17) is 4.74 Å². The molecule has 1 saturated heterocycles. The fourth-order valence-electron chi connectivity index (χ4n) is 3.39. The van der Waals surface area contributed by atoms with E-state index in [1.807, 2.05) is 4.98 Å². The van der Waals surface area contributed by atoms with Crippen LogP contribution in [0.2, 0.25) is 0 Å². The van der Waals surface area contributed by atoms with E-state index in [2.05, 4.69) is 15.2 Å². The highest BCUT2D eigenvalue weighted by Gasteiger charge is 2.51. The van der Waals surface area contributed by atoms with E-state index in [9.17, 15) is 40.7 Å². The van der Waals surface area contributed by atoms with Crippen LogP contribution in [-0.2, 0) is 6.18 Å². The third-order valence-electron chi connectivity index (χ3n) is 5.00. The summed E-state index contributed by atoms with van der Waals surface area (Å²) in [6.07, 6.45) is -5.88. The maximum atomic E-state index is 14.6. The van der Waals surface area contributed by atoms with Crippen molar-refractivity contribution in [3.63, 3.8) is 0 Å². The van der Waals surface area contributed by atoms with Gasteiger partial charge in [-0.15, -0.1) is 0 Å². The Morgan fingerprint density at radius 1 is 1.12 bits per heavy atom. The Bertz CT molecular complexity index is 1410. The van der Waals surface area contributed by atoms with E-state index in [-0.39, 0.29) is 16.9 Å². The average Bonchev–Trinajstić information content (AvgIpc) is 3.01. The quantitative estimate of drug-likeness (QED) is 0.481. The number of nitrogens with one attached hydrogen (secondary N) is 3. The smallest absolute Gasteiger partial charge is 0.419 e. The molecule has 0 amide bonds. The van der Waals surface area contributed by atoms with E-state index < -0.39 is 65.2 Å². The first-order chi connectivity index (χ1) is 15.8. The van der Waals surface area contributed by atoms with E-state index in [0.29, 0.717) is 18.2 Å². The number of aromatic nitrogens is 4. The van der Waals surface area contributed by atoms with Crippen LogP contribution in [0.3, 0.4) is 0 Å². The first-order valence-corrected chi connectivity index (χ1v) is 9.43. The molecule has 3 N–H and O–H groups in total. The molecule has 2 aromatic heterocycles. The van der Waals surface area contributed by atoms with Crippen LogP contribution in [0.15, 0.2) is 44.8 Å². The first kappa shape index (κ1) is 23.1. The van der Waals surface area contributed by atoms with Crippen molar-refractivity contribution in [2.45, 2.75) is 18.2 Å². The Labute approximate surface area is 184 Å². The maximum absolute atomic E-state index is 14.6. The van der Waals surface area contributed by atoms with Gasteiger partial charge in [0.25, 0.3) is 11.1 Å². The van der Waals surface area contributed by atoms with Gasteiger partial charge in [0, 0.05) is 12.3 Å². The molecule has 3 aromatic rings. The molecular weight excluding hydrogens is 476 g/mol. The van der Waals surface area contributed by atoms with Crippen LogP contribution < -0.4 is 26.4 Å². The minimum absolute atomic E-state index is 0.135. The molecule has 1 atom stereocenters. The Balaban J connectivity index is 1.61. The van der Waals surface area contributed by atoms with Crippen molar-refractivity contribution in [3.05, 3.63) is 73.0 Å². The van der Waals surface area contributed by atoms with Gasteiger partial charge in [-0.3, -0.25) is 14.6 Å². The largest absolute Gasteiger partial charge is 0.482 e. The number of halogens is 6. The SMILES string of the molecule is O=c1[nH]cc(-c2cc(N3C[C@H](Oc4ccc(C(F)(F)F)c(F)c4)C(F)(F)C3)c(=O)[nH]n2)c(=O)[nH]1. The van der Waals surface area contributed by atoms with Crippen molar-refractivity contribution < 1.29 is 31.1 Å². The summed E-state index contributed by atoms with van der Waals surface area (Å²) < 4.78 is 86.1.